The highest BCUT2D eigenvalue weighted by Crippen LogP contribution is 2.20. The van der Waals surface area contributed by atoms with Crippen molar-refractivity contribution in [3.8, 4) is 11.4 Å². The standard InChI is InChI=1S/C20H18N4S/c1-15-21-20(17-10-6-3-7-11-17)24(23-15)13-18-14-25-19(22-18)12-16-8-4-2-5-9-16/h2-11,14H,12-13H2,1H3. The Morgan fingerprint density at radius 1 is 0.920 bits per heavy atom. The van der Waals surface area contributed by atoms with E-state index in [1.807, 2.05) is 35.9 Å². The Bertz CT molecular complexity index is 958. The molecule has 0 saturated heterocycles. The van der Waals surface area contributed by atoms with Gasteiger partial charge in [-0.25, -0.2) is 14.6 Å². The molecule has 0 atom stereocenters. The second kappa shape index (κ2) is 6.99. The first-order valence-corrected chi connectivity index (χ1v) is 9.10. The van der Waals surface area contributed by atoms with Gasteiger partial charge in [-0.3, -0.25) is 0 Å². The van der Waals surface area contributed by atoms with E-state index in [9.17, 15) is 0 Å². The van der Waals surface area contributed by atoms with Gasteiger partial charge in [-0.15, -0.1) is 11.3 Å². The van der Waals surface area contributed by atoms with E-state index in [1.54, 1.807) is 11.3 Å². The van der Waals surface area contributed by atoms with Gasteiger partial charge in [-0.2, -0.15) is 5.10 Å². The zero-order valence-corrected chi connectivity index (χ0v) is 14.8. The molecule has 5 heteroatoms. The molecule has 0 aliphatic carbocycles. The van der Waals surface area contributed by atoms with Crippen molar-refractivity contribution < 1.29 is 0 Å². The summed E-state index contributed by atoms with van der Waals surface area (Å²) in [4.78, 5) is 9.35. The average Bonchev–Trinajstić information content (AvgIpc) is 3.23. The fourth-order valence-corrected chi connectivity index (χ4v) is 3.61. The molecule has 0 N–H and O–H groups in total. The third-order valence-corrected chi connectivity index (χ3v) is 4.82. The molecule has 0 radical (unpaired) electrons. The van der Waals surface area contributed by atoms with Crippen LogP contribution >= 0.6 is 11.3 Å². The number of thiazole rings is 1. The Kier molecular flexibility index (Phi) is 4.39. The van der Waals surface area contributed by atoms with Crippen LogP contribution < -0.4 is 0 Å². The van der Waals surface area contributed by atoms with Crippen LogP contribution in [-0.4, -0.2) is 19.7 Å². The van der Waals surface area contributed by atoms with Crippen molar-refractivity contribution in [1.29, 1.82) is 0 Å². The van der Waals surface area contributed by atoms with Crippen LogP contribution in [0.4, 0.5) is 0 Å². The Labute approximate surface area is 150 Å². The van der Waals surface area contributed by atoms with Gasteiger partial charge in [-0.1, -0.05) is 60.7 Å². The third-order valence-electron chi connectivity index (χ3n) is 3.92. The number of rotatable bonds is 5. The predicted molar refractivity (Wildman–Crippen MR) is 101 cm³/mol. The first kappa shape index (κ1) is 15.7. The molecule has 2 heterocycles. The van der Waals surface area contributed by atoms with Gasteiger partial charge in [0, 0.05) is 17.4 Å². The van der Waals surface area contributed by atoms with Crippen LogP contribution in [0.5, 0.6) is 0 Å². The molecular weight excluding hydrogens is 328 g/mol. The van der Waals surface area contributed by atoms with Crippen molar-refractivity contribution in [2.45, 2.75) is 19.9 Å². The fourth-order valence-electron chi connectivity index (χ4n) is 2.79. The minimum atomic E-state index is 0.635. The topological polar surface area (TPSA) is 43.6 Å². The summed E-state index contributed by atoms with van der Waals surface area (Å²) in [7, 11) is 0. The summed E-state index contributed by atoms with van der Waals surface area (Å²) in [5.41, 5.74) is 3.38. The van der Waals surface area contributed by atoms with E-state index in [0.717, 1.165) is 34.3 Å². The number of hydrogen-bond acceptors (Lipinski definition) is 4. The maximum Gasteiger partial charge on any atom is 0.158 e. The number of benzene rings is 2. The van der Waals surface area contributed by atoms with E-state index in [2.05, 4.69) is 51.9 Å². The van der Waals surface area contributed by atoms with E-state index < -0.39 is 0 Å². The highest BCUT2D eigenvalue weighted by Gasteiger charge is 2.12. The second-order valence-electron chi connectivity index (χ2n) is 5.90. The fraction of sp³-hybridized carbons (Fsp3) is 0.150. The molecule has 0 aliphatic heterocycles. The van der Waals surface area contributed by atoms with Crippen molar-refractivity contribution in [2.24, 2.45) is 0 Å². The lowest BCUT2D eigenvalue weighted by Crippen LogP contribution is -2.05. The Morgan fingerprint density at radius 2 is 1.64 bits per heavy atom. The maximum atomic E-state index is 4.77. The molecule has 4 nitrogen and oxygen atoms in total. The lowest BCUT2D eigenvalue weighted by molar-refractivity contribution is 0.674. The van der Waals surface area contributed by atoms with Crippen molar-refractivity contribution >= 4 is 11.3 Å². The second-order valence-corrected chi connectivity index (χ2v) is 6.84. The SMILES string of the molecule is Cc1nc(-c2ccccc2)n(Cc2csc(Cc3ccccc3)n2)n1. The van der Waals surface area contributed by atoms with Gasteiger partial charge in [0.1, 0.15) is 5.82 Å². The molecular formula is C20H18N4S. The molecule has 2 aromatic heterocycles. The Hall–Kier alpha value is -2.79. The highest BCUT2D eigenvalue weighted by atomic mass is 32.1. The zero-order valence-electron chi connectivity index (χ0n) is 14.0. The first-order chi connectivity index (χ1) is 12.3. The first-order valence-electron chi connectivity index (χ1n) is 8.22. The van der Waals surface area contributed by atoms with E-state index in [4.69, 9.17) is 4.98 Å². The van der Waals surface area contributed by atoms with Crippen molar-refractivity contribution in [2.75, 3.05) is 0 Å². The number of nitrogens with zero attached hydrogens (tertiary/aromatic N) is 4. The smallest absolute Gasteiger partial charge is 0.158 e. The van der Waals surface area contributed by atoms with Crippen LogP contribution in [0, 0.1) is 6.92 Å². The van der Waals surface area contributed by atoms with Gasteiger partial charge in [0.25, 0.3) is 0 Å². The zero-order chi connectivity index (χ0) is 17.1. The molecule has 25 heavy (non-hydrogen) atoms. The van der Waals surface area contributed by atoms with Crippen LogP contribution in [0.2, 0.25) is 0 Å². The maximum absolute atomic E-state index is 4.77. The average molecular weight is 346 g/mol. The molecule has 4 aromatic rings. The Morgan fingerprint density at radius 3 is 2.40 bits per heavy atom. The molecule has 0 spiro atoms. The normalized spacial score (nSPS) is 10.9. The monoisotopic (exact) mass is 346 g/mol. The predicted octanol–water partition coefficient (Wildman–Crippen LogP) is 4.35. The van der Waals surface area contributed by atoms with E-state index in [1.165, 1.54) is 5.56 Å². The number of aromatic nitrogens is 4. The number of hydrogen-bond donors (Lipinski definition) is 0. The molecule has 124 valence electrons. The van der Waals surface area contributed by atoms with E-state index in [0.29, 0.717) is 6.54 Å². The molecule has 0 unspecified atom stereocenters. The van der Waals surface area contributed by atoms with Crippen LogP contribution in [0.25, 0.3) is 11.4 Å². The van der Waals surface area contributed by atoms with Gasteiger partial charge in [0.2, 0.25) is 0 Å². The van der Waals surface area contributed by atoms with Gasteiger partial charge < -0.3 is 0 Å². The van der Waals surface area contributed by atoms with Crippen molar-refractivity contribution in [3.63, 3.8) is 0 Å². The van der Waals surface area contributed by atoms with Crippen LogP contribution in [0.15, 0.2) is 66.0 Å². The van der Waals surface area contributed by atoms with Crippen molar-refractivity contribution in [1.82, 2.24) is 19.7 Å². The van der Waals surface area contributed by atoms with E-state index >= 15 is 0 Å². The van der Waals surface area contributed by atoms with Crippen LogP contribution in [0.1, 0.15) is 22.1 Å². The molecule has 0 bridgehead atoms. The van der Waals surface area contributed by atoms with Gasteiger partial charge in [0.15, 0.2) is 5.82 Å². The van der Waals surface area contributed by atoms with Gasteiger partial charge in [-0.05, 0) is 12.5 Å². The molecule has 0 amide bonds. The van der Waals surface area contributed by atoms with Crippen LogP contribution in [-0.2, 0) is 13.0 Å². The quantitative estimate of drug-likeness (QED) is 0.540. The summed E-state index contributed by atoms with van der Waals surface area (Å²) in [5, 5.41) is 7.79. The summed E-state index contributed by atoms with van der Waals surface area (Å²) in [6.45, 7) is 2.56. The largest absolute Gasteiger partial charge is 0.244 e. The summed E-state index contributed by atoms with van der Waals surface area (Å²) in [6.07, 6.45) is 0.868. The van der Waals surface area contributed by atoms with E-state index in [-0.39, 0.29) is 0 Å². The molecule has 0 aliphatic rings. The lowest BCUT2D eigenvalue weighted by Gasteiger charge is -2.04. The highest BCUT2D eigenvalue weighted by molar-refractivity contribution is 7.09. The molecule has 2 aromatic carbocycles. The minimum Gasteiger partial charge on any atom is -0.244 e. The lowest BCUT2D eigenvalue weighted by atomic mass is 10.2. The van der Waals surface area contributed by atoms with Crippen LogP contribution in [0.3, 0.4) is 0 Å². The molecule has 0 fully saturated rings. The van der Waals surface area contributed by atoms with Crippen molar-refractivity contribution in [3.05, 3.63) is 88.1 Å². The minimum absolute atomic E-state index is 0.635. The summed E-state index contributed by atoms with van der Waals surface area (Å²) in [5.74, 6) is 1.66. The Balaban J connectivity index is 1.55. The summed E-state index contributed by atoms with van der Waals surface area (Å²) < 4.78 is 1.94. The van der Waals surface area contributed by atoms with Gasteiger partial charge >= 0.3 is 0 Å². The third kappa shape index (κ3) is 3.67. The molecule has 0 saturated carbocycles. The molecule has 4 rings (SSSR count). The number of aryl methyl sites for hydroxylation is 1. The summed E-state index contributed by atoms with van der Waals surface area (Å²) >= 11 is 1.70. The van der Waals surface area contributed by atoms with Gasteiger partial charge in [0.05, 0.1) is 17.2 Å². The summed E-state index contributed by atoms with van der Waals surface area (Å²) in [6, 6.07) is 20.6.